The van der Waals surface area contributed by atoms with Crippen LogP contribution < -0.4 is 5.32 Å². The third-order valence-electron chi connectivity index (χ3n) is 2.97. The molecule has 0 bridgehead atoms. The smallest absolute Gasteiger partial charge is 0.307 e. The van der Waals surface area contributed by atoms with E-state index in [0.717, 1.165) is 30.9 Å². The van der Waals surface area contributed by atoms with Gasteiger partial charge >= 0.3 is 5.97 Å². The summed E-state index contributed by atoms with van der Waals surface area (Å²) in [6, 6.07) is 0. The van der Waals surface area contributed by atoms with E-state index in [2.05, 4.69) is 30.7 Å². The predicted octanol–water partition coefficient (Wildman–Crippen LogP) is 2.13. The topological polar surface area (TPSA) is 54.3 Å². The number of aromatic nitrogens is 1. The van der Waals surface area contributed by atoms with Gasteiger partial charge in [0.2, 0.25) is 0 Å². The lowest BCUT2D eigenvalue weighted by Gasteiger charge is -2.19. The zero-order chi connectivity index (χ0) is 12.6. The summed E-state index contributed by atoms with van der Waals surface area (Å²) in [4.78, 5) is 10.9. The maximum Gasteiger partial charge on any atom is 0.307 e. The van der Waals surface area contributed by atoms with Gasteiger partial charge in [0.05, 0.1) is 6.42 Å². The zero-order valence-electron chi connectivity index (χ0n) is 10.7. The molecule has 2 heterocycles. The molecule has 2 rings (SSSR count). The normalized spacial score (nSPS) is 14.5. The van der Waals surface area contributed by atoms with E-state index in [1.807, 2.05) is 6.20 Å². The Hall–Kier alpha value is -1.45. The van der Waals surface area contributed by atoms with Crippen LogP contribution in [0.4, 0.5) is 5.82 Å². The van der Waals surface area contributed by atoms with Gasteiger partial charge in [0.15, 0.2) is 0 Å². The highest BCUT2D eigenvalue weighted by Gasteiger charge is 2.24. The van der Waals surface area contributed by atoms with Crippen LogP contribution in [0.25, 0.3) is 0 Å². The molecule has 1 aliphatic rings. The van der Waals surface area contributed by atoms with Crippen molar-refractivity contribution in [3.8, 4) is 0 Å². The van der Waals surface area contributed by atoms with Crippen LogP contribution in [-0.2, 0) is 24.2 Å². The Morgan fingerprint density at radius 2 is 2.24 bits per heavy atom. The Bertz CT molecular complexity index is 441. The molecule has 0 amide bonds. The molecular weight excluding hydrogens is 216 g/mol. The molecule has 94 valence electrons. The van der Waals surface area contributed by atoms with Crippen molar-refractivity contribution < 1.29 is 9.90 Å². The van der Waals surface area contributed by atoms with Crippen molar-refractivity contribution in [1.29, 1.82) is 0 Å². The molecule has 0 atom stereocenters. The Kier molecular flexibility index (Phi) is 2.89. The Morgan fingerprint density at radius 3 is 2.82 bits per heavy atom. The van der Waals surface area contributed by atoms with Crippen molar-refractivity contribution >= 4 is 11.8 Å². The van der Waals surface area contributed by atoms with Crippen LogP contribution in [0.5, 0.6) is 0 Å². The maximum absolute atomic E-state index is 10.9. The van der Waals surface area contributed by atoms with Gasteiger partial charge in [0, 0.05) is 19.3 Å². The molecule has 0 aromatic carbocycles. The third kappa shape index (κ3) is 2.62. The van der Waals surface area contributed by atoms with Gasteiger partial charge in [-0.2, -0.15) is 0 Å². The minimum absolute atomic E-state index is 0.118. The van der Waals surface area contributed by atoms with E-state index in [1.54, 1.807) is 0 Å². The summed E-state index contributed by atoms with van der Waals surface area (Å²) < 4.78 is 2.14. The van der Waals surface area contributed by atoms with Crippen molar-refractivity contribution in [1.82, 2.24) is 4.57 Å². The predicted molar refractivity (Wildman–Crippen MR) is 67.4 cm³/mol. The van der Waals surface area contributed by atoms with Crippen molar-refractivity contribution in [2.75, 3.05) is 11.9 Å². The van der Waals surface area contributed by atoms with E-state index in [4.69, 9.17) is 5.11 Å². The van der Waals surface area contributed by atoms with Crippen molar-refractivity contribution in [2.24, 2.45) is 5.41 Å². The Balaban J connectivity index is 2.35. The van der Waals surface area contributed by atoms with E-state index >= 15 is 0 Å². The first-order valence-corrected chi connectivity index (χ1v) is 6.03. The minimum Gasteiger partial charge on any atom is -0.481 e. The van der Waals surface area contributed by atoms with E-state index in [1.165, 1.54) is 5.56 Å². The van der Waals surface area contributed by atoms with Crippen LogP contribution >= 0.6 is 0 Å². The number of nitrogens with zero attached hydrogens (tertiary/aromatic N) is 1. The molecule has 0 aliphatic carbocycles. The van der Waals surface area contributed by atoms with Crippen LogP contribution in [0.3, 0.4) is 0 Å². The summed E-state index contributed by atoms with van der Waals surface area (Å²) >= 11 is 0. The van der Waals surface area contributed by atoms with Crippen LogP contribution in [0.2, 0.25) is 0 Å². The molecule has 0 saturated heterocycles. The average molecular weight is 236 g/mol. The number of anilines is 1. The van der Waals surface area contributed by atoms with Crippen LogP contribution in [-0.4, -0.2) is 22.2 Å². The first-order valence-electron chi connectivity index (χ1n) is 6.03. The minimum atomic E-state index is -0.760. The summed E-state index contributed by atoms with van der Waals surface area (Å²) in [6.07, 6.45) is 3.02. The standard InChI is InChI=1S/C13H20N2O2/c1-13(2,3)7-10-9(6-11(16)17)8-15-5-4-14-12(10)15/h8,14H,4-7H2,1-3H3,(H,16,17). The maximum atomic E-state index is 10.9. The van der Waals surface area contributed by atoms with Gasteiger partial charge in [-0.3, -0.25) is 4.79 Å². The molecule has 1 aliphatic heterocycles. The third-order valence-corrected chi connectivity index (χ3v) is 2.97. The number of aliphatic carboxylic acids is 1. The molecule has 2 N–H and O–H groups in total. The molecular formula is C13H20N2O2. The van der Waals surface area contributed by atoms with E-state index in [-0.39, 0.29) is 11.8 Å². The van der Waals surface area contributed by atoms with Crippen molar-refractivity contribution in [3.63, 3.8) is 0 Å². The van der Waals surface area contributed by atoms with Gasteiger partial charge in [0.25, 0.3) is 0 Å². The van der Waals surface area contributed by atoms with E-state index in [0.29, 0.717) is 0 Å². The van der Waals surface area contributed by atoms with Gasteiger partial charge in [-0.1, -0.05) is 20.8 Å². The quantitative estimate of drug-likeness (QED) is 0.845. The first-order chi connectivity index (χ1) is 7.87. The SMILES string of the molecule is CC(C)(C)Cc1c(CC(=O)O)cn2c1NCC2. The summed E-state index contributed by atoms with van der Waals surface area (Å²) in [7, 11) is 0. The number of rotatable bonds is 3. The van der Waals surface area contributed by atoms with Crippen LogP contribution in [0.15, 0.2) is 6.20 Å². The second-order valence-electron chi connectivity index (χ2n) is 5.91. The van der Waals surface area contributed by atoms with Gasteiger partial charge < -0.3 is 15.0 Å². The number of carboxylic acid groups (broad SMARTS) is 1. The molecule has 0 unspecified atom stereocenters. The second kappa shape index (κ2) is 4.09. The van der Waals surface area contributed by atoms with E-state index in [9.17, 15) is 4.79 Å². The molecule has 0 radical (unpaired) electrons. The average Bonchev–Trinajstić information content (AvgIpc) is 2.67. The summed E-state index contributed by atoms with van der Waals surface area (Å²) in [6.45, 7) is 8.41. The summed E-state index contributed by atoms with van der Waals surface area (Å²) in [5.41, 5.74) is 2.30. The number of fused-ring (bicyclic) bond motifs is 1. The van der Waals surface area contributed by atoms with Gasteiger partial charge in [0.1, 0.15) is 5.82 Å². The highest BCUT2D eigenvalue weighted by atomic mass is 16.4. The lowest BCUT2D eigenvalue weighted by molar-refractivity contribution is -0.136. The molecule has 17 heavy (non-hydrogen) atoms. The molecule has 4 nitrogen and oxygen atoms in total. The number of hydrogen-bond donors (Lipinski definition) is 2. The van der Waals surface area contributed by atoms with Crippen molar-refractivity contribution in [2.45, 2.75) is 40.2 Å². The molecule has 4 heteroatoms. The number of carboxylic acids is 1. The lowest BCUT2D eigenvalue weighted by atomic mass is 9.87. The highest BCUT2D eigenvalue weighted by molar-refractivity contribution is 5.72. The Morgan fingerprint density at radius 1 is 1.53 bits per heavy atom. The summed E-state index contributed by atoms with van der Waals surface area (Å²) in [5, 5.41) is 12.3. The number of hydrogen-bond acceptors (Lipinski definition) is 2. The lowest BCUT2D eigenvalue weighted by Crippen LogP contribution is -2.13. The fourth-order valence-electron chi connectivity index (χ4n) is 2.38. The van der Waals surface area contributed by atoms with Gasteiger partial charge in [-0.15, -0.1) is 0 Å². The first kappa shape index (κ1) is 12.0. The van der Waals surface area contributed by atoms with Crippen LogP contribution in [0.1, 0.15) is 31.9 Å². The molecule has 1 aromatic heterocycles. The van der Waals surface area contributed by atoms with Gasteiger partial charge in [-0.25, -0.2) is 0 Å². The Labute approximate surface area is 102 Å². The largest absolute Gasteiger partial charge is 0.481 e. The molecule has 1 aromatic rings. The van der Waals surface area contributed by atoms with Gasteiger partial charge in [-0.05, 0) is 23.0 Å². The zero-order valence-corrected chi connectivity index (χ0v) is 10.7. The van der Waals surface area contributed by atoms with Crippen molar-refractivity contribution in [3.05, 3.63) is 17.3 Å². The highest BCUT2D eigenvalue weighted by Crippen LogP contribution is 2.32. The monoisotopic (exact) mass is 236 g/mol. The second-order valence-corrected chi connectivity index (χ2v) is 5.91. The molecule has 0 saturated carbocycles. The fourth-order valence-corrected chi connectivity index (χ4v) is 2.38. The number of nitrogens with one attached hydrogen (secondary N) is 1. The fraction of sp³-hybridized carbons (Fsp3) is 0.615. The summed E-state index contributed by atoms with van der Waals surface area (Å²) in [5.74, 6) is 0.362. The molecule has 0 fully saturated rings. The molecule has 0 spiro atoms. The number of carbonyl (C=O) groups is 1. The van der Waals surface area contributed by atoms with Crippen LogP contribution in [0, 0.1) is 5.41 Å². The van der Waals surface area contributed by atoms with E-state index < -0.39 is 5.97 Å².